The molecule has 0 aliphatic carbocycles. The quantitative estimate of drug-likeness (QED) is 0.401. The van der Waals surface area contributed by atoms with Crippen molar-refractivity contribution >= 4 is 43.8 Å². The Kier molecular flexibility index (Phi) is 4.96. The lowest BCUT2D eigenvalue weighted by Crippen LogP contribution is -2.14. The molecule has 10 nitrogen and oxygen atoms in total. The zero-order valence-corrected chi connectivity index (χ0v) is 19.5. The zero-order chi connectivity index (χ0) is 23.9. The molecule has 0 unspecified atom stereocenters. The molecule has 170 valence electrons. The number of carbonyl (C=O) groups is 1. The van der Waals surface area contributed by atoms with E-state index in [1.54, 1.807) is 41.9 Å². The van der Waals surface area contributed by atoms with Gasteiger partial charge in [0.25, 0.3) is 5.91 Å². The lowest BCUT2D eigenvalue weighted by atomic mass is 10.0. The van der Waals surface area contributed by atoms with Crippen LogP contribution in [0.1, 0.15) is 16.1 Å². The Balaban J connectivity index is 1.37. The van der Waals surface area contributed by atoms with E-state index in [4.69, 9.17) is 0 Å². The molecule has 1 N–H and O–H groups in total. The topological polar surface area (TPSA) is 124 Å². The molecule has 6 aromatic rings. The van der Waals surface area contributed by atoms with E-state index in [1.165, 1.54) is 11.3 Å². The third kappa shape index (κ3) is 3.77. The standard InChI is InChI=1S/C24H17N9OS/c1-13-9-15(20-17-10-26-8-5-18(17)32-33(20)2)16(11-27-13)22(34)31-24-30-21-23(35-24)29-19(12-28-21)14-3-6-25-7-4-14/h3-12H,1-2H3,(H,28,30,31,34). The molecule has 0 aromatic carbocycles. The molecule has 35 heavy (non-hydrogen) atoms. The molecule has 1 amide bonds. The van der Waals surface area contributed by atoms with Gasteiger partial charge in [-0.3, -0.25) is 29.7 Å². The molecular formula is C24H17N9OS. The molecule has 6 rings (SSSR count). The number of pyridine rings is 3. The summed E-state index contributed by atoms with van der Waals surface area (Å²) in [6.07, 6.45) is 10.1. The SMILES string of the molecule is Cc1cc(-c2c3cnccc3nn2C)c(C(=O)Nc2nc3ncc(-c4ccncc4)nc3s2)cn1. The van der Waals surface area contributed by atoms with E-state index in [0.29, 0.717) is 32.4 Å². The Morgan fingerprint density at radius 3 is 2.69 bits per heavy atom. The Morgan fingerprint density at radius 2 is 1.83 bits per heavy atom. The van der Waals surface area contributed by atoms with Crippen LogP contribution in [0.15, 0.2) is 61.4 Å². The fraction of sp³-hybridized carbons (Fsp3) is 0.0833. The average molecular weight is 480 g/mol. The van der Waals surface area contributed by atoms with Gasteiger partial charge in [-0.2, -0.15) is 10.1 Å². The second-order valence-electron chi connectivity index (χ2n) is 7.83. The predicted molar refractivity (Wildman–Crippen MR) is 133 cm³/mol. The van der Waals surface area contributed by atoms with E-state index in [1.807, 2.05) is 38.2 Å². The van der Waals surface area contributed by atoms with Gasteiger partial charge in [-0.05, 0) is 31.2 Å². The normalized spacial score (nSPS) is 11.3. The van der Waals surface area contributed by atoms with Crippen molar-refractivity contribution < 1.29 is 4.79 Å². The molecule has 6 aromatic heterocycles. The Hall–Kier alpha value is -4.64. The average Bonchev–Trinajstić information content (AvgIpc) is 3.42. The molecule has 0 saturated carbocycles. The predicted octanol–water partition coefficient (Wildman–Crippen LogP) is 4.05. The minimum absolute atomic E-state index is 0.334. The van der Waals surface area contributed by atoms with Crippen LogP contribution in [0.5, 0.6) is 0 Å². The number of fused-ring (bicyclic) bond motifs is 2. The summed E-state index contributed by atoms with van der Waals surface area (Å²) in [6, 6.07) is 7.45. The summed E-state index contributed by atoms with van der Waals surface area (Å²) in [5, 5.41) is 8.70. The van der Waals surface area contributed by atoms with Crippen molar-refractivity contribution in [2.45, 2.75) is 6.92 Å². The highest BCUT2D eigenvalue weighted by Gasteiger charge is 2.21. The molecule has 11 heteroatoms. The Morgan fingerprint density at radius 1 is 1.00 bits per heavy atom. The van der Waals surface area contributed by atoms with E-state index in [9.17, 15) is 4.79 Å². The van der Waals surface area contributed by atoms with E-state index < -0.39 is 0 Å². The van der Waals surface area contributed by atoms with Gasteiger partial charge in [0.1, 0.15) is 0 Å². The smallest absolute Gasteiger partial charge is 0.259 e. The van der Waals surface area contributed by atoms with Crippen LogP contribution in [-0.4, -0.2) is 45.6 Å². The van der Waals surface area contributed by atoms with E-state index in [-0.39, 0.29) is 5.91 Å². The summed E-state index contributed by atoms with van der Waals surface area (Å²) >= 11 is 1.26. The number of hydrogen-bond donors (Lipinski definition) is 1. The maximum atomic E-state index is 13.4. The van der Waals surface area contributed by atoms with Crippen molar-refractivity contribution in [3.05, 3.63) is 72.7 Å². The first-order valence-corrected chi connectivity index (χ1v) is 11.5. The van der Waals surface area contributed by atoms with Crippen molar-refractivity contribution in [1.29, 1.82) is 0 Å². The van der Waals surface area contributed by atoms with Crippen LogP contribution >= 0.6 is 11.3 Å². The van der Waals surface area contributed by atoms with Gasteiger partial charge < -0.3 is 0 Å². The molecule has 0 atom stereocenters. The fourth-order valence-electron chi connectivity index (χ4n) is 3.90. The highest BCUT2D eigenvalue weighted by atomic mass is 32.1. The summed E-state index contributed by atoms with van der Waals surface area (Å²) < 4.78 is 1.75. The highest BCUT2D eigenvalue weighted by Crippen LogP contribution is 2.32. The molecule has 0 radical (unpaired) electrons. The van der Waals surface area contributed by atoms with Crippen molar-refractivity contribution in [3.8, 4) is 22.5 Å². The number of nitrogens with zero attached hydrogens (tertiary/aromatic N) is 8. The minimum atomic E-state index is -0.334. The van der Waals surface area contributed by atoms with E-state index in [2.05, 4.69) is 40.3 Å². The first kappa shape index (κ1) is 20.9. The molecule has 0 aliphatic heterocycles. The van der Waals surface area contributed by atoms with Gasteiger partial charge in [-0.1, -0.05) is 11.3 Å². The van der Waals surface area contributed by atoms with Gasteiger partial charge in [0.05, 0.1) is 28.7 Å². The zero-order valence-electron chi connectivity index (χ0n) is 18.7. The Bertz CT molecular complexity index is 1730. The molecule has 0 saturated heterocycles. The van der Waals surface area contributed by atoms with Gasteiger partial charge in [0.2, 0.25) is 0 Å². The van der Waals surface area contributed by atoms with Gasteiger partial charge >= 0.3 is 0 Å². The van der Waals surface area contributed by atoms with Crippen LogP contribution in [0.3, 0.4) is 0 Å². The lowest BCUT2D eigenvalue weighted by molar-refractivity contribution is 0.102. The number of rotatable bonds is 4. The van der Waals surface area contributed by atoms with Crippen LogP contribution in [0.2, 0.25) is 0 Å². The van der Waals surface area contributed by atoms with Crippen molar-refractivity contribution in [3.63, 3.8) is 0 Å². The van der Waals surface area contributed by atoms with Crippen LogP contribution in [-0.2, 0) is 7.05 Å². The second kappa shape index (κ2) is 8.29. The molecule has 0 bridgehead atoms. The highest BCUT2D eigenvalue weighted by molar-refractivity contribution is 7.21. The van der Waals surface area contributed by atoms with Crippen LogP contribution in [0.25, 0.3) is 43.9 Å². The number of nitrogens with one attached hydrogen (secondary N) is 1. The minimum Gasteiger partial charge on any atom is -0.298 e. The second-order valence-corrected chi connectivity index (χ2v) is 8.81. The van der Waals surface area contributed by atoms with Gasteiger partial charge in [0.15, 0.2) is 15.6 Å². The number of hydrogen-bond acceptors (Lipinski definition) is 9. The van der Waals surface area contributed by atoms with Crippen molar-refractivity contribution in [2.24, 2.45) is 7.05 Å². The molecule has 0 fully saturated rings. The number of thiazole rings is 1. The Labute approximate surface area is 202 Å². The molecule has 0 spiro atoms. The summed E-state index contributed by atoms with van der Waals surface area (Å²) in [7, 11) is 1.85. The monoisotopic (exact) mass is 479 g/mol. The lowest BCUT2D eigenvalue weighted by Gasteiger charge is -2.10. The summed E-state index contributed by atoms with van der Waals surface area (Å²) in [5.74, 6) is -0.334. The maximum absolute atomic E-state index is 13.4. The van der Waals surface area contributed by atoms with Crippen LogP contribution in [0, 0.1) is 6.92 Å². The summed E-state index contributed by atoms with van der Waals surface area (Å²) in [5.41, 5.74) is 5.57. The number of aromatic nitrogens is 8. The van der Waals surface area contributed by atoms with Crippen LogP contribution < -0.4 is 5.32 Å². The first-order chi connectivity index (χ1) is 17.1. The number of aryl methyl sites for hydroxylation is 2. The molecule has 6 heterocycles. The van der Waals surface area contributed by atoms with E-state index >= 15 is 0 Å². The molecule has 0 aliphatic rings. The third-order valence-corrected chi connectivity index (χ3v) is 6.35. The summed E-state index contributed by atoms with van der Waals surface area (Å²) in [4.78, 5) is 40.1. The van der Waals surface area contributed by atoms with Crippen molar-refractivity contribution in [1.82, 2.24) is 39.7 Å². The number of carbonyl (C=O) groups excluding carboxylic acids is 1. The van der Waals surface area contributed by atoms with Gasteiger partial charge in [-0.25, -0.2) is 9.97 Å². The van der Waals surface area contributed by atoms with Gasteiger partial charge in [0, 0.05) is 60.2 Å². The largest absolute Gasteiger partial charge is 0.298 e. The number of anilines is 1. The first-order valence-electron chi connectivity index (χ1n) is 10.7. The van der Waals surface area contributed by atoms with Crippen molar-refractivity contribution in [2.75, 3.05) is 5.32 Å². The maximum Gasteiger partial charge on any atom is 0.259 e. The van der Waals surface area contributed by atoms with E-state index in [0.717, 1.165) is 27.9 Å². The fourth-order valence-corrected chi connectivity index (χ4v) is 4.69. The van der Waals surface area contributed by atoms with Gasteiger partial charge in [-0.15, -0.1) is 0 Å². The number of amides is 1. The third-order valence-electron chi connectivity index (χ3n) is 5.49. The summed E-state index contributed by atoms with van der Waals surface area (Å²) in [6.45, 7) is 1.88. The van der Waals surface area contributed by atoms with Crippen LogP contribution in [0.4, 0.5) is 5.13 Å². The molecular weight excluding hydrogens is 462 g/mol.